The fourth-order valence-corrected chi connectivity index (χ4v) is 5.10. The molecule has 0 radical (unpaired) electrons. The number of hydrogen-bond acceptors (Lipinski definition) is 6. The summed E-state index contributed by atoms with van der Waals surface area (Å²) in [7, 11) is 2.65. The molecular weight excluding hydrogens is 362 g/mol. The van der Waals surface area contributed by atoms with E-state index in [0.717, 1.165) is 32.1 Å². The minimum atomic E-state index is -0.764. The molecule has 1 atom stereocenters. The Bertz CT molecular complexity index is 579. The van der Waals surface area contributed by atoms with Crippen molar-refractivity contribution in [2.24, 2.45) is 10.4 Å². The Hall–Kier alpha value is -1.26. The first-order chi connectivity index (χ1) is 12.5. The van der Waals surface area contributed by atoms with Crippen molar-refractivity contribution in [1.29, 1.82) is 0 Å². The van der Waals surface area contributed by atoms with Gasteiger partial charge in [-0.2, -0.15) is 0 Å². The van der Waals surface area contributed by atoms with Crippen LogP contribution < -0.4 is 0 Å². The van der Waals surface area contributed by atoms with Gasteiger partial charge >= 0.3 is 11.9 Å². The van der Waals surface area contributed by atoms with Crippen LogP contribution in [0, 0.1) is 5.41 Å². The van der Waals surface area contributed by atoms with Crippen LogP contribution in [-0.2, 0) is 19.1 Å². The molecule has 1 aliphatic carbocycles. The first-order valence-electron chi connectivity index (χ1n) is 9.65. The van der Waals surface area contributed by atoms with Crippen LogP contribution in [0.25, 0.3) is 0 Å². The molecule has 0 aromatic heterocycles. The lowest BCUT2D eigenvalue weighted by molar-refractivity contribution is -0.142. The molecule has 0 bridgehead atoms. The summed E-state index contributed by atoms with van der Waals surface area (Å²) >= 11 is 1.48. The van der Waals surface area contributed by atoms with E-state index in [1.165, 1.54) is 32.4 Å². The molecular formula is C21H35NO4S. The minimum absolute atomic E-state index is 0.0821. The van der Waals surface area contributed by atoms with E-state index in [9.17, 15) is 9.59 Å². The number of carbonyl (C=O) groups excluding carboxylic acids is 2. The highest BCUT2D eigenvalue weighted by atomic mass is 32.2. The zero-order chi connectivity index (χ0) is 20.7. The van der Waals surface area contributed by atoms with Gasteiger partial charge in [0.05, 0.1) is 19.8 Å². The molecule has 27 heavy (non-hydrogen) atoms. The Balaban J connectivity index is 3.23. The Morgan fingerprint density at radius 1 is 1.07 bits per heavy atom. The predicted octanol–water partition coefficient (Wildman–Crippen LogP) is 4.58. The molecule has 0 amide bonds. The van der Waals surface area contributed by atoms with Crippen LogP contribution in [0.3, 0.4) is 0 Å². The number of aliphatic imine (C=N–C) groups is 1. The first kappa shape index (κ1) is 23.8. The highest BCUT2D eigenvalue weighted by Gasteiger charge is 2.34. The number of ether oxygens (including phenoxy) is 2. The largest absolute Gasteiger partial charge is 0.468 e. The van der Waals surface area contributed by atoms with Crippen LogP contribution in [0.1, 0.15) is 73.1 Å². The van der Waals surface area contributed by atoms with Crippen LogP contribution in [0.4, 0.5) is 0 Å². The maximum atomic E-state index is 12.4. The molecule has 5 nitrogen and oxygen atoms in total. The van der Waals surface area contributed by atoms with Gasteiger partial charge in [-0.3, -0.25) is 4.79 Å². The van der Waals surface area contributed by atoms with Crippen molar-refractivity contribution in [3.63, 3.8) is 0 Å². The lowest BCUT2D eigenvalue weighted by Gasteiger charge is -2.28. The van der Waals surface area contributed by atoms with E-state index in [-0.39, 0.29) is 11.0 Å². The second-order valence-electron chi connectivity index (χ2n) is 8.98. The number of rotatable bonds is 7. The number of nitrogens with zero attached hydrogens (tertiary/aromatic N) is 1. The molecule has 1 unspecified atom stereocenters. The van der Waals surface area contributed by atoms with Crippen molar-refractivity contribution in [1.82, 2.24) is 0 Å². The summed E-state index contributed by atoms with van der Waals surface area (Å²) in [5, 5.41) is -0.438. The van der Waals surface area contributed by atoms with E-state index in [2.05, 4.69) is 31.6 Å². The average Bonchev–Trinajstić information content (AvgIpc) is 2.58. The van der Waals surface area contributed by atoms with Crippen molar-refractivity contribution in [2.45, 2.75) is 89.2 Å². The topological polar surface area (TPSA) is 65.0 Å². The van der Waals surface area contributed by atoms with Gasteiger partial charge < -0.3 is 9.47 Å². The Morgan fingerprint density at radius 2 is 1.67 bits per heavy atom. The lowest BCUT2D eigenvalue weighted by Crippen LogP contribution is -2.30. The van der Waals surface area contributed by atoms with Gasteiger partial charge in [-0.25, -0.2) is 9.79 Å². The third kappa shape index (κ3) is 8.52. The van der Waals surface area contributed by atoms with E-state index in [0.29, 0.717) is 5.25 Å². The third-order valence-electron chi connectivity index (χ3n) is 4.41. The smallest absolute Gasteiger partial charge is 0.344 e. The summed E-state index contributed by atoms with van der Waals surface area (Å²) in [6, 6.07) is 0. The fourth-order valence-electron chi connectivity index (χ4n) is 3.61. The van der Waals surface area contributed by atoms with Crippen molar-refractivity contribution in [3.8, 4) is 0 Å². The molecule has 154 valence electrons. The first-order valence-corrected chi connectivity index (χ1v) is 10.6. The maximum absolute atomic E-state index is 12.4. The van der Waals surface area contributed by atoms with Crippen LogP contribution in [0.2, 0.25) is 0 Å². The van der Waals surface area contributed by atoms with Crippen LogP contribution in [0.5, 0.6) is 0 Å². The highest BCUT2D eigenvalue weighted by molar-refractivity contribution is 8.01. The van der Waals surface area contributed by atoms with Crippen LogP contribution >= 0.6 is 11.8 Å². The second-order valence-corrected chi connectivity index (χ2v) is 10.4. The van der Waals surface area contributed by atoms with E-state index < -0.39 is 22.7 Å². The van der Waals surface area contributed by atoms with Crippen molar-refractivity contribution >= 4 is 29.6 Å². The molecule has 0 aromatic rings. The van der Waals surface area contributed by atoms with Gasteiger partial charge in [-0.1, -0.05) is 40.0 Å². The number of thioether (sulfide) groups is 1. The van der Waals surface area contributed by atoms with Crippen molar-refractivity contribution in [3.05, 3.63) is 5.57 Å². The van der Waals surface area contributed by atoms with Gasteiger partial charge in [-0.15, -0.1) is 11.8 Å². The molecule has 0 saturated heterocycles. The van der Waals surface area contributed by atoms with Crippen LogP contribution in [-0.4, -0.2) is 48.1 Å². The Morgan fingerprint density at radius 3 is 2.15 bits per heavy atom. The number of hydrogen-bond donors (Lipinski definition) is 0. The molecule has 1 saturated carbocycles. The summed E-state index contributed by atoms with van der Waals surface area (Å²) in [4.78, 5) is 29.4. The summed E-state index contributed by atoms with van der Waals surface area (Å²) in [5.41, 5.74) is -0.186. The molecule has 0 N–H and O–H groups in total. The summed E-state index contributed by atoms with van der Waals surface area (Å²) in [6.45, 7) is 10.4. The molecule has 1 rings (SSSR count). The molecule has 0 spiro atoms. The lowest BCUT2D eigenvalue weighted by atomic mass is 9.82. The molecule has 0 aliphatic heterocycles. The number of methoxy groups -OCH3 is 2. The normalized spacial score (nSPS) is 16.9. The maximum Gasteiger partial charge on any atom is 0.344 e. The highest BCUT2D eigenvalue weighted by Crippen LogP contribution is 2.34. The molecule has 1 fully saturated rings. The van der Waals surface area contributed by atoms with Gasteiger partial charge in [0.25, 0.3) is 0 Å². The standard InChI is InChI=1S/C21H35NO4S/c1-20(2,3)14-21(4,5)22-13-16(18(23)25-6)17(19(24)26-7)27-15-11-9-8-10-12-15/h15,17H,8-12,14H2,1-7H3. The average molecular weight is 398 g/mol. The quantitative estimate of drug-likeness (QED) is 0.357. The van der Waals surface area contributed by atoms with E-state index in [1.54, 1.807) is 0 Å². The zero-order valence-corrected chi connectivity index (χ0v) is 18.7. The van der Waals surface area contributed by atoms with Gasteiger partial charge in [0.15, 0.2) is 0 Å². The summed E-state index contributed by atoms with van der Waals surface area (Å²) in [6.07, 6.45) is 6.42. The number of esters is 2. The van der Waals surface area contributed by atoms with Gasteiger partial charge in [0.1, 0.15) is 10.8 Å². The van der Waals surface area contributed by atoms with E-state index in [1.807, 2.05) is 13.8 Å². The Kier molecular flexibility index (Phi) is 9.10. The second kappa shape index (κ2) is 10.3. The predicted molar refractivity (Wildman–Crippen MR) is 111 cm³/mol. The van der Waals surface area contributed by atoms with Gasteiger partial charge in [-0.05, 0) is 44.4 Å². The third-order valence-corrected chi connectivity index (χ3v) is 5.96. The SMILES string of the molecule is COC(=O)C(=C=NC(C)(C)CC(C)(C)C)C(SC1CCCCC1)C(=O)OC. The molecule has 1 aliphatic rings. The van der Waals surface area contributed by atoms with Crippen LogP contribution in [0.15, 0.2) is 10.6 Å². The van der Waals surface area contributed by atoms with Crippen molar-refractivity contribution < 1.29 is 19.1 Å². The molecule has 6 heteroatoms. The monoisotopic (exact) mass is 397 g/mol. The zero-order valence-electron chi connectivity index (χ0n) is 17.9. The van der Waals surface area contributed by atoms with E-state index >= 15 is 0 Å². The minimum Gasteiger partial charge on any atom is -0.468 e. The summed E-state index contributed by atoms with van der Waals surface area (Å²) in [5.74, 6) is 1.85. The number of carbonyl (C=O) groups is 2. The molecule has 0 aromatic carbocycles. The fraction of sp³-hybridized carbons (Fsp3) is 0.810. The van der Waals surface area contributed by atoms with E-state index in [4.69, 9.17) is 9.47 Å². The van der Waals surface area contributed by atoms with Crippen molar-refractivity contribution in [2.75, 3.05) is 14.2 Å². The van der Waals surface area contributed by atoms with Gasteiger partial charge in [0.2, 0.25) is 0 Å². The van der Waals surface area contributed by atoms with Gasteiger partial charge in [0, 0.05) is 5.25 Å². The summed E-state index contributed by atoms with van der Waals surface area (Å²) < 4.78 is 9.90. The molecule has 0 heterocycles. The Labute approximate surface area is 168 Å².